The molecule has 1 saturated carbocycles. The molecule has 0 aromatic heterocycles. The molecule has 1 saturated heterocycles. The summed E-state index contributed by atoms with van der Waals surface area (Å²) >= 11 is 0. The van der Waals surface area contributed by atoms with Crippen LogP contribution < -0.4 is 5.32 Å². The van der Waals surface area contributed by atoms with E-state index >= 15 is 0 Å². The van der Waals surface area contributed by atoms with E-state index < -0.39 is 0 Å². The van der Waals surface area contributed by atoms with Crippen molar-refractivity contribution >= 4 is 0 Å². The van der Waals surface area contributed by atoms with Crippen LogP contribution in [0.2, 0.25) is 0 Å². The molecule has 2 unspecified atom stereocenters. The molecule has 0 spiro atoms. The zero-order valence-corrected chi connectivity index (χ0v) is 9.29. The molecule has 0 aromatic rings. The molecule has 1 nitrogen and oxygen atoms in total. The van der Waals surface area contributed by atoms with E-state index in [-0.39, 0.29) is 0 Å². The molecule has 0 amide bonds. The molecule has 2 rings (SSSR count). The Balaban J connectivity index is 2.10. The first-order valence-corrected chi connectivity index (χ1v) is 5.86. The van der Waals surface area contributed by atoms with Crippen molar-refractivity contribution in [2.45, 2.75) is 26.7 Å². The fourth-order valence-corrected chi connectivity index (χ4v) is 3.19. The second kappa shape index (κ2) is 4.31. The Labute approximate surface area is 87.3 Å². The molecule has 1 heterocycles. The summed E-state index contributed by atoms with van der Waals surface area (Å²) in [5.41, 5.74) is 1.56. The van der Waals surface area contributed by atoms with Gasteiger partial charge in [-0.3, -0.25) is 0 Å². The lowest BCUT2D eigenvalue weighted by Crippen LogP contribution is -2.17. The van der Waals surface area contributed by atoms with Gasteiger partial charge in [-0.2, -0.15) is 0 Å². The van der Waals surface area contributed by atoms with Crippen LogP contribution in [0.15, 0.2) is 23.8 Å². The number of hydrogen-bond acceptors (Lipinski definition) is 1. The number of hydrogen-bond donors (Lipinski definition) is 1. The van der Waals surface area contributed by atoms with Gasteiger partial charge < -0.3 is 5.32 Å². The average Bonchev–Trinajstić information content (AvgIpc) is 2.75. The van der Waals surface area contributed by atoms with Crippen molar-refractivity contribution < 1.29 is 0 Å². The van der Waals surface area contributed by atoms with Crippen LogP contribution >= 0.6 is 0 Å². The zero-order valence-electron chi connectivity index (χ0n) is 9.29. The Kier molecular flexibility index (Phi) is 3.07. The minimum absolute atomic E-state index is 0.830. The van der Waals surface area contributed by atoms with Gasteiger partial charge in [-0.05, 0) is 63.1 Å². The van der Waals surface area contributed by atoms with Crippen LogP contribution in [0.4, 0.5) is 0 Å². The fourth-order valence-electron chi connectivity index (χ4n) is 3.19. The van der Waals surface area contributed by atoms with E-state index in [9.17, 15) is 0 Å². The van der Waals surface area contributed by atoms with Gasteiger partial charge in [0.1, 0.15) is 0 Å². The maximum Gasteiger partial charge on any atom is -0.00114 e. The molecule has 2 aliphatic rings. The third-order valence-electron chi connectivity index (χ3n) is 3.88. The van der Waals surface area contributed by atoms with Gasteiger partial charge in [-0.15, -0.1) is 0 Å². The Bertz CT molecular complexity index is 252. The van der Waals surface area contributed by atoms with Crippen LogP contribution in [0.3, 0.4) is 0 Å². The first-order chi connectivity index (χ1) is 6.86. The molecule has 14 heavy (non-hydrogen) atoms. The molecule has 3 atom stereocenters. The van der Waals surface area contributed by atoms with Gasteiger partial charge >= 0.3 is 0 Å². The van der Waals surface area contributed by atoms with Crippen LogP contribution in [0, 0.1) is 17.8 Å². The lowest BCUT2D eigenvalue weighted by Gasteiger charge is -2.18. The Morgan fingerprint density at radius 2 is 2.07 bits per heavy atom. The van der Waals surface area contributed by atoms with Gasteiger partial charge in [0, 0.05) is 0 Å². The highest BCUT2D eigenvalue weighted by Crippen LogP contribution is 2.43. The molecule has 2 fully saturated rings. The number of fused-ring (bicyclic) bond motifs is 1. The van der Waals surface area contributed by atoms with Crippen LogP contribution in [0.5, 0.6) is 0 Å². The molecule has 1 aliphatic carbocycles. The summed E-state index contributed by atoms with van der Waals surface area (Å²) in [6.45, 7) is 6.78. The van der Waals surface area contributed by atoms with Gasteiger partial charge in [0.05, 0.1) is 0 Å². The number of allylic oxidation sites excluding steroid dienone is 4. The van der Waals surface area contributed by atoms with E-state index in [0.29, 0.717) is 0 Å². The second-order valence-electron chi connectivity index (χ2n) is 4.55. The lowest BCUT2D eigenvalue weighted by molar-refractivity contribution is 0.425. The van der Waals surface area contributed by atoms with Crippen molar-refractivity contribution in [1.82, 2.24) is 5.32 Å². The Hall–Kier alpha value is -0.560. The van der Waals surface area contributed by atoms with Gasteiger partial charge in [0.25, 0.3) is 0 Å². The van der Waals surface area contributed by atoms with Crippen molar-refractivity contribution in [3.8, 4) is 0 Å². The summed E-state index contributed by atoms with van der Waals surface area (Å²) < 4.78 is 0. The van der Waals surface area contributed by atoms with Crippen molar-refractivity contribution in [2.75, 3.05) is 13.1 Å². The Morgan fingerprint density at radius 3 is 2.79 bits per heavy atom. The quantitative estimate of drug-likeness (QED) is 0.662. The Morgan fingerprint density at radius 1 is 1.21 bits per heavy atom. The van der Waals surface area contributed by atoms with Gasteiger partial charge in [-0.1, -0.05) is 18.2 Å². The standard InChI is InChI=1S/C13H21N/c1-3-5-10(4-2)12-7-6-11-8-14-9-13(11)12/h3-5,11-14H,6-9H2,1-2H3/b5-3-,10-4+/t11?,12-,13?/m1/s1. The van der Waals surface area contributed by atoms with Crippen molar-refractivity contribution in [3.63, 3.8) is 0 Å². The maximum atomic E-state index is 3.52. The first-order valence-electron chi connectivity index (χ1n) is 5.86. The maximum absolute atomic E-state index is 3.52. The minimum atomic E-state index is 0.830. The van der Waals surface area contributed by atoms with Crippen molar-refractivity contribution in [3.05, 3.63) is 23.8 Å². The molecule has 1 heteroatoms. The highest BCUT2D eigenvalue weighted by atomic mass is 14.9. The number of rotatable bonds is 2. The lowest BCUT2D eigenvalue weighted by atomic mass is 9.86. The SMILES string of the molecule is C/C=C\C(=C/C)[C@H]1CCC2CNCC21. The summed E-state index contributed by atoms with van der Waals surface area (Å²) in [5, 5.41) is 3.52. The summed E-state index contributed by atoms with van der Waals surface area (Å²) in [6, 6.07) is 0. The van der Waals surface area contributed by atoms with E-state index in [1.807, 2.05) is 0 Å². The van der Waals surface area contributed by atoms with Crippen molar-refractivity contribution in [2.24, 2.45) is 17.8 Å². The molecular weight excluding hydrogens is 170 g/mol. The van der Waals surface area contributed by atoms with Gasteiger partial charge in [0.15, 0.2) is 0 Å². The molecular formula is C13H21N. The summed E-state index contributed by atoms with van der Waals surface area (Å²) in [4.78, 5) is 0. The van der Waals surface area contributed by atoms with Gasteiger partial charge in [-0.25, -0.2) is 0 Å². The molecule has 1 N–H and O–H groups in total. The largest absolute Gasteiger partial charge is 0.316 e. The highest BCUT2D eigenvalue weighted by Gasteiger charge is 2.39. The van der Waals surface area contributed by atoms with E-state index in [4.69, 9.17) is 0 Å². The molecule has 0 bridgehead atoms. The number of nitrogens with one attached hydrogen (secondary N) is 1. The molecule has 0 radical (unpaired) electrons. The summed E-state index contributed by atoms with van der Waals surface area (Å²) in [7, 11) is 0. The van der Waals surface area contributed by atoms with E-state index in [1.165, 1.54) is 25.9 Å². The summed E-state index contributed by atoms with van der Waals surface area (Å²) in [5.74, 6) is 2.70. The third-order valence-corrected chi connectivity index (χ3v) is 3.88. The van der Waals surface area contributed by atoms with E-state index in [2.05, 4.69) is 37.4 Å². The second-order valence-corrected chi connectivity index (χ2v) is 4.55. The van der Waals surface area contributed by atoms with Crippen LogP contribution in [0.25, 0.3) is 0 Å². The molecule has 78 valence electrons. The van der Waals surface area contributed by atoms with Gasteiger partial charge in [0.2, 0.25) is 0 Å². The van der Waals surface area contributed by atoms with Crippen LogP contribution in [-0.2, 0) is 0 Å². The smallest absolute Gasteiger partial charge is 0.00114 e. The first kappa shape index (κ1) is 9.97. The summed E-state index contributed by atoms with van der Waals surface area (Å²) in [6.07, 6.45) is 9.60. The fraction of sp³-hybridized carbons (Fsp3) is 0.692. The van der Waals surface area contributed by atoms with Crippen LogP contribution in [-0.4, -0.2) is 13.1 Å². The average molecular weight is 191 g/mol. The van der Waals surface area contributed by atoms with Crippen LogP contribution in [0.1, 0.15) is 26.7 Å². The highest BCUT2D eigenvalue weighted by molar-refractivity contribution is 5.23. The third kappa shape index (κ3) is 1.66. The van der Waals surface area contributed by atoms with Crippen molar-refractivity contribution in [1.29, 1.82) is 0 Å². The minimum Gasteiger partial charge on any atom is -0.316 e. The predicted octanol–water partition coefficient (Wildman–Crippen LogP) is 2.75. The predicted molar refractivity (Wildman–Crippen MR) is 61.1 cm³/mol. The van der Waals surface area contributed by atoms with E-state index in [0.717, 1.165) is 17.8 Å². The zero-order chi connectivity index (χ0) is 9.97. The van der Waals surface area contributed by atoms with E-state index in [1.54, 1.807) is 5.57 Å². The topological polar surface area (TPSA) is 12.0 Å². The molecule has 1 aliphatic heterocycles. The monoisotopic (exact) mass is 191 g/mol. The molecule has 0 aromatic carbocycles. The normalized spacial score (nSPS) is 38.1.